The first kappa shape index (κ1) is 17.5. The van der Waals surface area contributed by atoms with Crippen molar-refractivity contribution in [1.29, 1.82) is 0 Å². The summed E-state index contributed by atoms with van der Waals surface area (Å²) in [5.41, 5.74) is 2.90. The number of rotatable bonds is 7. The molecule has 0 radical (unpaired) electrons. The van der Waals surface area contributed by atoms with E-state index in [9.17, 15) is 14.7 Å². The topological polar surface area (TPSA) is 75.6 Å². The number of nitrogens with one attached hydrogen (secondary N) is 1. The highest BCUT2D eigenvalue weighted by Crippen LogP contribution is 2.07. The van der Waals surface area contributed by atoms with Crippen molar-refractivity contribution in [2.24, 2.45) is 0 Å². The molecule has 0 saturated heterocycles. The lowest BCUT2D eigenvalue weighted by Crippen LogP contribution is -2.42. The van der Waals surface area contributed by atoms with E-state index in [4.69, 9.17) is 4.74 Å². The van der Waals surface area contributed by atoms with Crippen molar-refractivity contribution in [3.05, 3.63) is 71.3 Å². The average Bonchev–Trinajstić information content (AvgIpc) is 2.60. The summed E-state index contributed by atoms with van der Waals surface area (Å²) < 4.78 is 5.11. The zero-order valence-electron chi connectivity index (χ0n) is 13.6. The van der Waals surface area contributed by atoms with Crippen molar-refractivity contribution in [3.63, 3.8) is 0 Å². The number of aliphatic carboxylic acids is 1. The quantitative estimate of drug-likeness (QED) is 0.819. The largest absolute Gasteiger partial charge is 0.480 e. The minimum atomic E-state index is -1.09. The van der Waals surface area contributed by atoms with Gasteiger partial charge in [0.2, 0.25) is 0 Å². The number of carboxylic acids is 1. The van der Waals surface area contributed by atoms with Crippen molar-refractivity contribution < 1.29 is 19.4 Å². The number of alkyl carbamates (subject to hydrolysis) is 1. The molecule has 1 atom stereocenters. The number of ether oxygens (including phenoxy) is 1. The first-order valence-electron chi connectivity index (χ1n) is 7.86. The molecule has 0 aliphatic heterocycles. The highest BCUT2D eigenvalue weighted by molar-refractivity contribution is 5.80. The summed E-state index contributed by atoms with van der Waals surface area (Å²) in [4.78, 5) is 23.2. The van der Waals surface area contributed by atoms with Gasteiger partial charge in [-0.05, 0) is 23.1 Å². The number of hydrogen-bond acceptors (Lipinski definition) is 3. The first-order chi connectivity index (χ1) is 11.6. The lowest BCUT2D eigenvalue weighted by atomic mass is 10.1. The predicted molar refractivity (Wildman–Crippen MR) is 90.7 cm³/mol. The monoisotopic (exact) mass is 327 g/mol. The first-order valence-corrected chi connectivity index (χ1v) is 7.86. The van der Waals surface area contributed by atoms with Crippen molar-refractivity contribution >= 4 is 12.1 Å². The zero-order valence-corrected chi connectivity index (χ0v) is 13.6. The highest BCUT2D eigenvalue weighted by Gasteiger charge is 2.21. The molecule has 2 aromatic carbocycles. The maximum Gasteiger partial charge on any atom is 0.408 e. The molecule has 1 unspecified atom stereocenters. The molecule has 0 aromatic heterocycles. The average molecular weight is 327 g/mol. The van der Waals surface area contributed by atoms with Gasteiger partial charge >= 0.3 is 12.1 Å². The highest BCUT2D eigenvalue weighted by atomic mass is 16.5. The fraction of sp³-hybridized carbons (Fsp3) is 0.263. The van der Waals surface area contributed by atoms with Gasteiger partial charge in [-0.2, -0.15) is 0 Å². The fourth-order valence-corrected chi connectivity index (χ4v) is 2.25. The van der Waals surface area contributed by atoms with Crippen LogP contribution in [0.3, 0.4) is 0 Å². The Kier molecular flexibility index (Phi) is 6.37. The second-order valence-corrected chi connectivity index (χ2v) is 5.47. The van der Waals surface area contributed by atoms with Crippen molar-refractivity contribution in [2.45, 2.75) is 32.4 Å². The van der Waals surface area contributed by atoms with Gasteiger partial charge in [-0.1, -0.05) is 61.5 Å². The van der Waals surface area contributed by atoms with Crippen LogP contribution >= 0.6 is 0 Å². The van der Waals surface area contributed by atoms with E-state index in [1.807, 2.05) is 54.6 Å². The number of benzene rings is 2. The molecule has 5 heteroatoms. The zero-order chi connectivity index (χ0) is 17.4. The molecule has 0 saturated carbocycles. The SMILES string of the molecule is CCc1ccc(COC(=O)NC(Cc2ccccc2)C(=O)O)cc1. The molecular formula is C19H21NO4. The minimum Gasteiger partial charge on any atom is -0.480 e. The Bertz CT molecular complexity index is 668. The van der Waals surface area contributed by atoms with E-state index < -0.39 is 18.1 Å². The third-order valence-electron chi connectivity index (χ3n) is 3.67. The molecule has 2 aromatic rings. The molecule has 24 heavy (non-hydrogen) atoms. The number of hydrogen-bond donors (Lipinski definition) is 2. The number of carboxylic acid groups (broad SMARTS) is 1. The molecule has 0 heterocycles. The molecule has 2 rings (SSSR count). The third kappa shape index (κ3) is 5.43. The summed E-state index contributed by atoms with van der Waals surface area (Å²) in [6.45, 7) is 2.17. The Labute approximate surface area is 141 Å². The van der Waals surface area contributed by atoms with Gasteiger partial charge in [0.25, 0.3) is 0 Å². The van der Waals surface area contributed by atoms with Crippen molar-refractivity contribution in [1.82, 2.24) is 5.32 Å². The molecule has 0 aliphatic rings. The lowest BCUT2D eigenvalue weighted by molar-refractivity contribution is -0.139. The van der Waals surface area contributed by atoms with Crippen LogP contribution in [-0.2, 0) is 29.0 Å². The number of carbonyl (C=O) groups excluding carboxylic acids is 1. The number of aryl methyl sites for hydroxylation is 1. The van der Waals surface area contributed by atoms with Gasteiger partial charge in [0.1, 0.15) is 12.6 Å². The Balaban J connectivity index is 1.87. The van der Waals surface area contributed by atoms with Crippen LogP contribution in [-0.4, -0.2) is 23.2 Å². The molecule has 2 N–H and O–H groups in total. The van der Waals surface area contributed by atoms with E-state index in [0.717, 1.165) is 17.5 Å². The Hall–Kier alpha value is -2.82. The van der Waals surface area contributed by atoms with Crippen LogP contribution in [0, 0.1) is 0 Å². The summed E-state index contributed by atoms with van der Waals surface area (Å²) >= 11 is 0. The van der Waals surface area contributed by atoms with E-state index in [-0.39, 0.29) is 13.0 Å². The van der Waals surface area contributed by atoms with Gasteiger partial charge in [0.05, 0.1) is 0 Å². The van der Waals surface area contributed by atoms with Gasteiger partial charge in [0.15, 0.2) is 0 Å². The molecule has 5 nitrogen and oxygen atoms in total. The van der Waals surface area contributed by atoms with Crippen LogP contribution in [0.15, 0.2) is 54.6 Å². The van der Waals surface area contributed by atoms with Crippen molar-refractivity contribution in [2.75, 3.05) is 0 Å². The van der Waals surface area contributed by atoms with Crippen LogP contribution in [0.4, 0.5) is 4.79 Å². The van der Waals surface area contributed by atoms with E-state index in [2.05, 4.69) is 12.2 Å². The van der Waals surface area contributed by atoms with E-state index in [1.54, 1.807) is 0 Å². The second kappa shape index (κ2) is 8.72. The molecule has 0 spiro atoms. The molecule has 126 valence electrons. The van der Waals surface area contributed by atoms with Crippen LogP contribution in [0.25, 0.3) is 0 Å². The second-order valence-electron chi connectivity index (χ2n) is 5.47. The van der Waals surface area contributed by atoms with Gasteiger partial charge in [-0.25, -0.2) is 9.59 Å². The number of carbonyl (C=O) groups is 2. The standard InChI is InChI=1S/C19H21NO4/c1-2-14-8-10-16(11-9-14)13-24-19(23)20-17(18(21)22)12-15-6-4-3-5-7-15/h3-11,17H,2,12-13H2,1H3,(H,20,23)(H,21,22). The normalized spacial score (nSPS) is 11.5. The summed E-state index contributed by atoms with van der Waals surface area (Å²) in [5.74, 6) is -1.09. The Morgan fingerprint density at radius 1 is 1.00 bits per heavy atom. The molecule has 0 aliphatic carbocycles. The Morgan fingerprint density at radius 3 is 2.21 bits per heavy atom. The van der Waals surface area contributed by atoms with Crippen LogP contribution in [0.1, 0.15) is 23.6 Å². The molecule has 0 bridgehead atoms. The molecular weight excluding hydrogens is 306 g/mol. The summed E-state index contributed by atoms with van der Waals surface area (Å²) in [5, 5.41) is 11.7. The van der Waals surface area contributed by atoms with E-state index >= 15 is 0 Å². The molecule has 1 amide bonds. The van der Waals surface area contributed by atoms with Crippen molar-refractivity contribution in [3.8, 4) is 0 Å². The maximum absolute atomic E-state index is 11.8. The van der Waals surface area contributed by atoms with E-state index in [1.165, 1.54) is 5.56 Å². The third-order valence-corrected chi connectivity index (χ3v) is 3.67. The van der Waals surface area contributed by atoms with Crippen LogP contribution in [0.2, 0.25) is 0 Å². The summed E-state index contributed by atoms with van der Waals surface area (Å²) in [7, 11) is 0. The van der Waals surface area contributed by atoms with Gasteiger partial charge < -0.3 is 15.2 Å². The van der Waals surface area contributed by atoms with Gasteiger partial charge in [0, 0.05) is 6.42 Å². The van der Waals surface area contributed by atoms with Gasteiger partial charge in [-0.15, -0.1) is 0 Å². The van der Waals surface area contributed by atoms with Crippen LogP contribution < -0.4 is 5.32 Å². The smallest absolute Gasteiger partial charge is 0.408 e. The summed E-state index contributed by atoms with van der Waals surface area (Å²) in [6, 6.07) is 15.9. The fourth-order valence-electron chi connectivity index (χ4n) is 2.25. The minimum absolute atomic E-state index is 0.105. The molecule has 0 fully saturated rings. The van der Waals surface area contributed by atoms with E-state index in [0.29, 0.717) is 0 Å². The lowest BCUT2D eigenvalue weighted by Gasteiger charge is -2.14. The maximum atomic E-state index is 11.8. The Morgan fingerprint density at radius 2 is 1.62 bits per heavy atom. The van der Waals surface area contributed by atoms with Crippen LogP contribution in [0.5, 0.6) is 0 Å². The summed E-state index contributed by atoms with van der Waals surface area (Å²) in [6.07, 6.45) is 0.413. The predicted octanol–water partition coefficient (Wildman–Crippen LogP) is 3.17. The number of amides is 1. The van der Waals surface area contributed by atoms with Gasteiger partial charge in [-0.3, -0.25) is 0 Å².